The van der Waals surface area contributed by atoms with Crippen LogP contribution in [0, 0.1) is 0 Å². The van der Waals surface area contributed by atoms with Crippen molar-refractivity contribution in [3.05, 3.63) is 5.32 Å². The van der Waals surface area contributed by atoms with Crippen molar-refractivity contribution in [3.8, 4) is 0 Å². The van der Waals surface area contributed by atoms with Gasteiger partial charge in [-0.1, -0.05) is 0 Å². The molecule has 0 saturated heterocycles. The fraction of sp³-hybridized carbons (Fsp3) is 1.00. The van der Waals surface area contributed by atoms with Gasteiger partial charge in [0.05, 0.1) is 0 Å². The highest BCUT2D eigenvalue weighted by atomic mass is 16.3. The van der Waals surface area contributed by atoms with Crippen LogP contribution in [-0.2, 0) is 0 Å². The van der Waals surface area contributed by atoms with Crippen LogP contribution in [0.25, 0.3) is 5.32 Å². The lowest BCUT2D eigenvalue weighted by Crippen LogP contribution is -2.39. The lowest BCUT2D eigenvalue weighted by Gasteiger charge is -2.41. The van der Waals surface area contributed by atoms with Crippen LogP contribution in [0.4, 0.5) is 0 Å². The summed E-state index contributed by atoms with van der Waals surface area (Å²) in [7, 11) is 1.75. The first-order valence-corrected chi connectivity index (χ1v) is 3.05. The van der Waals surface area contributed by atoms with Crippen LogP contribution < -0.4 is 0 Å². The zero-order chi connectivity index (χ0) is 6.04. The highest BCUT2D eigenvalue weighted by Crippen LogP contribution is 2.32. The van der Waals surface area contributed by atoms with E-state index in [2.05, 4.69) is 5.32 Å². The minimum Gasteiger partial charge on any atom is -0.663 e. The molecule has 2 nitrogen and oxygen atoms in total. The van der Waals surface area contributed by atoms with Gasteiger partial charge in [-0.2, -0.15) is 7.05 Å². The number of hydrogen-bond acceptors (Lipinski definition) is 1. The van der Waals surface area contributed by atoms with Crippen LogP contribution in [-0.4, -0.2) is 24.3 Å². The fourth-order valence-electron chi connectivity index (χ4n) is 1.04. The van der Waals surface area contributed by atoms with E-state index in [0.29, 0.717) is 6.54 Å². The molecule has 0 spiro atoms. The molecule has 0 heterocycles. The summed E-state index contributed by atoms with van der Waals surface area (Å²) in [6, 6.07) is 0. The summed E-state index contributed by atoms with van der Waals surface area (Å²) < 4.78 is 0. The SMILES string of the molecule is C[N-]CC1(O)CCC1. The van der Waals surface area contributed by atoms with Gasteiger partial charge in [0, 0.05) is 5.60 Å². The first-order chi connectivity index (χ1) is 3.77. The normalized spacial score (nSPS) is 24.8. The van der Waals surface area contributed by atoms with Crippen molar-refractivity contribution in [1.29, 1.82) is 0 Å². The molecule has 0 amide bonds. The Morgan fingerprint density at radius 2 is 2.25 bits per heavy atom. The Hall–Kier alpha value is -0.0800. The summed E-state index contributed by atoms with van der Waals surface area (Å²) in [5, 5.41) is 13.2. The summed E-state index contributed by atoms with van der Waals surface area (Å²) in [5.74, 6) is 0. The Morgan fingerprint density at radius 3 is 2.38 bits per heavy atom. The summed E-state index contributed by atoms with van der Waals surface area (Å²) in [6.45, 7) is 0.632. The average molecular weight is 114 g/mol. The number of hydrogen-bond donors (Lipinski definition) is 1. The van der Waals surface area contributed by atoms with E-state index in [9.17, 15) is 5.11 Å². The van der Waals surface area contributed by atoms with E-state index < -0.39 is 5.60 Å². The molecule has 0 atom stereocenters. The summed E-state index contributed by atoms with van der Waals surface area (Å²) in [5.41, 5.74) is -0.394. The van der Waals surface area contributed by atoms with Crippen molar-refractivity contribution in [2.24, 2.45) is 0 Å². The summed E-state index contributed by atoms with van der Waals surface area (Å²) in [6.07, 6.45) is 3.07. The first-order valence-electron chi connectivity index (χ1n) is 3.05. The van der Waals surface area contributed by atoms with Gasteiger partial charge in [0.1, 0.15) is 0 Å². The van der Waals surface area contributed by atoms with E-state index in [1.165, 1.54) is 6.42 Å². The third-order valence-electron chi connectivity index (χ3n) is 1.74. The second-order valence-electron chi connectivity index (χ2n) is 2.55. The standard InChI is InChI=1S/C6H12NO/c1-7-5-6(8)3-2-4-6/h8H,2-5H2,1H3/q-1. The molecule has 8 heavy (non-hydrogen) atoms. The molecule has 1 fully saturated rings. The number of rotatable bonds is 2. The van der Waals surface area contributed by atoms with Crippen LogP contribution in [0.5, 0.6) is 0 Å². The molecule has 1 aliphatic rings. The Balaban J connectivity index is 2.20. The minimum atomic E-state index is -0.394. The van der Waals surface area contributed by atoms with Crippen LogP contribution in [0.1, 0.15) is 19.3 Å². The maximum atomic E-state index is 9.32. The molecule has 0 radical (unpaired) electrons. The number of likely N-dealkylation sites (N-methyl/N-ethyl adjacent to an activating group) is 1. The van der Waals surface area contributed by atoms with Crippen LogP contribution in [0.2, 0.25) is 0 Å². The zero-order valence-electron chi connectivity index (χ0n) is 5.22. The van der Waals surface area contributed by atoms with E-state index in [4.69, 9.17) is 0 Å². The van der Waals surface area contributed by atoms with E-state index in [1.54, 1.807) is 7.05 Å². The molecule has 0 aromatic rings. The first kappa shape index (κ1) is 6.05. The molecule has 0 bridgehead atoms. The van der Waals surface area contributed by atoms with Crippen molar-refractivity contribution >= 4 is 0 Å². The molecule has 1 saturated carbocycles. The lowest BCUT2D eigenvalue weighted by molar-refractivity contribution is -0.0185. The highest BCUT2D eigenvalue weighted by molar-refractivity contribution is 4.96. The quantitative estimate of drug-likeness (QED) is 0.568. The topological polar surface area (TPSA) is 34.3 Å². The predicted molar refractivity (Wildman–Crippen MR) is 33.0 cm³/mol. The monoisotopic (exact) mass is 114 g/mol. The van der Waals surface area contributed by atoms with Gasteiger partial charge >= 0.3 is 0 Å². The molecular formula is C6H12NO-. The molecular weight excluding hydrogens is 102 g/mol. The van der Waals surface area contributed by atoms with E-state index in [-0.39, 0.29) is 0 Å². The average Bonchev–Trinajstić information content (AvgIpc) is 1.64. The maximum absolute atomic E-state index is 9.32. The highest BCUT2D eigenvalue weighted by Gasteiger charge is 2.29. The van der Waals surface area contributed by atoms with E-state index in [1.807, 2.05) is 0 Å². The second-order valence-corrected chi connectivity index (χ2v) is 2.55. The minimum absolute atomic E-state index is 0.394. The van der Waals surface area contributed by atoms with Gasteiger partial charge in [0.2, 0.25) is 0 Å². The summed E-state index contributed by atoms with van der Waals surface area (Å²) in [4.78, 5) is 0. The van der Waals surface area contributed by atoms with E-state index in [0.717, 1.165) is 12.8 Å². The van der Waals surface area contributed by atoms with Gasteiger partial charge in [0.25, 0.3) is 0 Å². The Bertz CT molecular complexity index is 78.6. The van der Waals surface area contributed by atoms with Gasteiger partial charge in [-0.3, -0.25) is 0 Å². The molecule has 0 aromatic heterocycles. The van der Waals surface area contributed by atoms with Crippen molar-refractivity contribution in [2.75, 3.05) is 13.6 Å². The van der Waals surface area contributed by atoms with Gasteiger partial charge in [-0.25, -0.2) is 0 Å². The molecule has 1 aliphatic carbocycles. The second kappa shape index (κ2) is 2.03. The molecule has 0 aromatic carbocycles. The number of nitrogens with zero attached hydrogens (tertiary/aromatic N) is 1. The van der Waals surface area contributed by atoms with Gasteiger partial charge in [-0.15, -0.1) is 6.54 Å². The molecule has 1 N–H and O–H groups in total. The Kier molecular flexibility index (Phi) is 1.54. The third kappa shape index (κ3) is 1.01. The van der Waals surface area contributed by atoms with Crippen LogP contribution in [0.3, 0.4) is 0 Å². The van der Waals surface area contributed by atoms with Crippen molar-refractivity contribution in [1.82, 2.24) is 0 Å². The Morgan fingerprint density at radius 1 is 1.62 bits per heavy atom. The third-order valence-corrected chi connectivity index (χ3v) is 1.74. The molecule has 0 aliphatic heterocycles. The molecule has 1 rings (SSSR count). The molecule has 48 valence electrons. The van der Waals surface area contributed by atoms with Gasteiger partial charge < -0.3 is 10.4 Å². The molecule has 2 heteroatoms. The lowest BCUT2D eigenvalue weighted by atomic mass is 9.80. The maximum Gasteiger partial charge on any atom is 0.0461 e. The number of aliphatic hydroxyl groups is 1. The smallest absolute Gasteiger partial charge is 0.0461 e. The zero-order valence-corrected chi connectivity index (χ0v) is 5.22. The van der Waals surface area contributed by atoms with Crippen molar-refractivity contribution in [3.63, 3.8) is 0 Å². The Labute approximate surface area is 49.9 Å². The van der Waals surface area contributed by atoms with Crippen LogP contribution >= 0.6 is 0 Å². The van der Waals surface area contributed by atoms with Crippen LogP contribution in [0.15, 0.2) is 0 Å². The van der Waals surface area contributed by atoms with E-state index >= 15 is 0 Å². The van der Waals surface area contributed by atoms with Gasteiger partial charge in [-0.05, 0) is 19.3 Å². The largest absolute Gasteiger partial charge is 0.663 e. The fourth-order valence-corrected chi connectivity index (χ4v) is 1.04. The summed E-state index contributed by atoms with van der Waals surface area (Å²) >= 11 is 0. The van der Waals surface area contributed by atoms with Gasteiger partial charge in [0.15, 0.2) is 0 Å². The predicted octanol–water partition coefficient (Wildman–Crippen LogP) is 0.905. The van der Waals surface area contributed by atoms with Crippen molar-refractivity contribution < 1.29 is 5.11 Å². The molecule has 0 unspecified atom stereocenters. The van der Waals surface area contributed by atoms with Crippen molar-refractivity contribution in [2.45, 2.75) is 24.9 Å².